The molecule has 0 radical (unpaired) electrons. The summed E-state index contributed by atoms with van der Waals surface area (Å²) in [6.45, 7) is 0. The fraction of sp³-hybridized carbons (Fsp3) is 0.143. The Kier molecular flexibility index (Phi) is 7.80. The first-order chi connectivity index (χ1) is 18.6. The Balaban J connectivity index is 1.61. The van der Waals surface area contributed by atoms with Gasteiger partial charge in [-0.2, -0.15) is 13.2 Å². The molecule has 0 aliphatic heterocycles. The molecule has 0 saturated carbocycles. The predicted molar refractivity (Wildman–Crippen MR) is 135 cm³/mol. The molecule has 202 valence electrons. The molecule has 11 heteroatoms. The van der Waals surface area contributed by atoms with Gasteiger partial charge in [-0.3, -0.25) is 4.79 Å². The van der Waals surface area contributed by atoms with Crippen molar-refractivity contribution in [1.82, 2.24) is 0 Å². The summed E-state index contributed by atoms with van der Waals surface area (Å²) in [7, 11) is 4.38. The number of carbonyl (C=O) groups excluding carboxylic acids is 1. The van der Waals surface area contributed by atoms with Crippen LogP contribution in [-0.4, -0.2) is 27.3 Å². The van der Waals surface area contributed by atoms with Gasteiger partial charge in [0, 0.05) is 12.1 Å². The van der Waals surface area contributed by atoms with Gasteiger partial charge in [-0.05, 0) is 60.2 Å². The Morgan fingerprint density at radius 3 is 2.13 bits per heavy atom. The van der Waals surface area contributed by atoms with Crippen molar-refractivity contribution in [3.8, 4) is 34.5 Å². The Morgan fingerprint density at radius 2 is 1.49 bits per heavy atom. The van der Waals surface area contributed by atoms with E-state index in [-0.39, 0.29) is 16.9 Å². The van der Waals surface area contributed by atoms with Crippen LogP contribution in [-0.2, 0) is 11.0 Å². The highest BCUT2D eigenvalue weighted by atomic mass is 19.4. The van der Waals surface area contributed by atoms with Crippen LogP contribution in [0.1, 0.15) is 11.3 Å². The number of rotatable bonds is 8. The Hall–Kier alpha value is -4.93. The molecule has 39 heavy (non-hydrogen) atoms. The van der Waals surface area contributed by atoms with Crippen molar-refractivity contribution in [3.05, 3.63) is 88.3 Å². The minimum absolute atomic E-state index is 0.0280. The van der Waals surface area contributed by atoms with Crippen LogP contribution in [0.5, 0.6) is 34.5 Å². The normalized spacial score (nSPS) is 11.4. The minimum Gasteiger partial charge on any atom is -0.497 e. The Bertz CT molecular complexity index is 1590. The van der Waals surface area contributed by atoms with Crippen LogP contribution < -0.4 is 29.1 Å². The third-order valence-electron chi connectivity index (χ3n) is 5.40. The molecule has 0 N–H and O–H groups in total. The largest absolute Gasteiger partial charge is 0.497 e. The summed E-state index contributed by atoms with van der Waals surface area (Å²) in [5.74, 6) is -2.23. The second-order valence-electron chi connectivity index (χ2n) is 7.89. The third-order valence-corrected chi connectivity index (χ3v) is 5.40. The maximum absolute atomic E-state index is 13.8. The second kappa shape index (κ2) is 11.2. The van der Waals surface area contributed by atoms with Gasteiger partial charge in [0.1, 0.15) is 22.8 Å². The van der Waals surface area contributed by atoms with Gasteiger partial charge in [-0.1, -0.05) is 6.07 Å². The lowest BCUT2D eigenvalue weighted by Crippen LogP contribution is -2.15. The fourth-order valence-corrected chi connectivity index (χ4v) is 3.53. The van der Waals surface area contributed by atoms with Crippen LogP contribution in [0.4, 0.5) is 13.2 Å². The first kappa shape index (κ1) is 27.1. The minimum atomic E-state index is -5.05. The molecule has 0 fully saturated rings. The molecule has 0 amide bonds. The summed E-state index contributed by atoms with van der Waals surface area (Å²) < 4.78 is 72.3. The zero-order chi connectivity index (χ0) is 28.2. The van der Waals surface area contributed by atoms with Crippen molar-refractivity contribution in [2.75, 3.05) is 21.3 Å². The van der Waals surface area contributed by atoms with Crippen LogP contribution in [0.15, 0.2) is 76.0 Å². The molecular weight excluding hydrogens is 521 g/mol. The van der Waals surface area contributed by atoms with Crippen molar-refractivity contribution in [2.24, 2.45) is 0 Å². The topological polar surface area (TPSA) is 93.4 Å². The van der Waals surface area contributed by atoms with E-state index in [0.29, 0.717) is 22.8 Å². The molecule has 8 nitrogen and oxygen atoms in total. The van der Waals surface area contributed by atoms with Gasteiger partial charge >= 0.3 is 12.1 Å². The number of methoxy groups -OCH3 is 3. The molecule has 4 rings (SSSR count). The molecule has 0 saturated heterocycles. The van der Waals surface area contributed by atoms with E-state index in [9.17, 15) is 22.8 Å². The molecule has 0 spiro atoms. The van der Waals surface area contributed by atoms with Crippen molar-refractivity contribution in [1.29, 1.82) is 0 Å². The molecule has 3 aromatic carbocycles. The monoisotopic (exact) mass is 542 g/mol. The first-order valence-electron chi connectivity index (χ1n) is 11.2. The fourth-order valence-electron chi connectivity index (χ4n) is 3.53. The number of alkyl halides is 3. The predicted octanol–water partition coefficient (Wildman–Crippen LogP) is 6.25. The van der Waals surface area contributed by atoms with Gasteiger partial charge in [0.05, 0.1) is 26.7 Å². The van der Waals surface area contributed by atoms with E-state index < -0.39 is 34.7 Å². The van der Waals surface area contributed by atoms with E-state index >= 15 is 0 Å². The van der Waals surface area contributed by atoms with Crippen molar-refractivity contribution < 1.29 is 46.1 Å². The van der Waals surface area contributed by atoms with E-state index in [2.05, 4.69) is 0 Å². The zero-order valence-corrected chi connectivity index (χ0v) is 20.8. The van der Waals surface area contributed by atoms with Gasteiger partial charge in [-0.15, -0.1) is 0 Å². The summed E-state index contributed by atoms with van der Waals surface area (Å²) in [6.07, 6.45) is -2.48. The van der Waals surface area contributed by atoms with E-state index in [4.69, 9.17) is 28.1 Å². The standard InChI is InChI=1S/C28H21F3O8/c1-34-17-6-8-18(9-7-17)38-26-25(33)20-11-10-19(15-22(20)39-27(26)28(29,30)31)37-24(32)13-5-16-4-12-21(35-2)23(14-16)36-3/h4-15H,1-3H3/b13-5+. The van der Waals surface area contributed by atoms with Crippen LogP contribution in [0.25, 0.3) is 17.0 Å². The molecule has 0 unspecified atom stereocenters. The molecule has 0 aliphatic rings. The molecule has 0 atom stereocenters. The number of halogens is 3. The lowest BCUT2D eigenvalue weighted by Gasteiger charge is -2.13. The number of carbonyl (C=O) groups is 1. The number of esters is 1. The van der Waals surface area contributed by atoms with E-state index in [0.717, 1.165) is 12.1 Å². The summed E-state index contributed by atoms with van der Waals surface area (Å²) in [6, 6.07) is 14.1. The van der Waals surface area contributed by atoms with Crippen LogP contribution in [0, 0.1) is 0 Å². The van der Waals surface area contributed by atoms with Crippen molar-refractivity contribution in [3.63, 3.8) is 0 Å². The van der Waals surface area contributed by atoms with Crippen molar-refractivity contribution >= 4 is 23.0 Å². The van der Waals surface area contributed by atoms with Gasteiger partial charge in [-0.25, -0.2) is 4.79 Å². The summed E-state index contributed by atoms with van der Waals surface area (Å²) in [5.41, 5.74) is -0.887. The Morgan fingerprint density at radius 1 is 0.821 bits per heavy atom. The number of fused-ring (bicyclic) bond motifs is 1. The maximum atomic E-state index is 13.8. The molecule has 1 heterocycles. The van der Waals surface area contributed by atoms with E-state index in [1.54, 1.807) is 18.2 Å². The second-order valence-corrected chi connectivity index (χ2v) is 7.89. The highest BCUT2D eigenvalue weighted by Crippen LogP contribution is 2.39. The number of benzene rings is 3. The lowest BCUT2D eigenvalue weighted by molar-refractivity contribution is -0.154. The van der Waals surface area contributed by atoms with Gasteiger partial charge in [0.2, 0.25) is 11.2 Å². The summed E-state index contributed by atoms with van der Waals surface area (Å²) in [4.78, 5) is 25.3. The average Bonchev–Trinajstić information content (AvgIpc) is 2.92. The zero-order valence-electron chi connectivity index (χ0n) is 20.8. The van der Waals surface area contributed by atoms with E-state index in [1.807, 2.05) is 0 Å². The number of hydrogen-bond acceptors (Lipinski definition) is 8. The van der Waals surface area contributed by atoms with Gasteiger partial charge in [0.15, 0.2) is 11.5 Å². The molecule has 4 aromatic rings. The third kappa shape index (κ3) is 6.15. The Labute approximate surface area is 219 Å². The maximum Gasteiger partial charge on any atom is 0.453 e. The SMILES string of the molecule is COc1ccc(Oc2c(C(F)(F)F)oc3cc(OC(=O)/C=C/c4ccc(OC)c(OC)c4)ccc3c2=O)cc1. The van der Waals surface area contributed by atoms with Crippen molar-refractivity contribution in [2.45, 2.75) is 6.18 Å². The molecule has 0 bridgehead atoms. The smallest absolute Gasteiger partial charge is 0.453 e. The van der Waals surface area contributed by atoms with Crippen LogP contribution in [0.2, 0.25) is 0 Å². The van der Waals surface area contributed by atoms with Crippen LogP contribution in [0.3, 0.4) is 0 Å². The number of hydrogen-bond donors (Lipinski definition) is 0. The number of ether oxygens (including phenoxy) is 5. The summed E-state index contributed by atoms with van der Waals surface area (Å²) in [5, 5.41) is -0.202. The quantitative estimate of drug-likeness (QED) is 0.147. The van der Waals surface area contributed by atoms with Gasteiger partial charge in [0.25, 0.3) is 5.76 Å². The van der Waals surface area contributed by atoms with E-state index in [1.165, 1.54) is 63.8 Å². The molecule has 1 aromatic heterocycles. The first-order valence-corrected chi connectivity index (χ1v) is 11.2. The highest BCUT2D eigenvalue weighted by molar-refractivity contribution is 5.89. The van der Waals surface area contributed by atoms with Gasteiger partial charge < -0.3 is 28.1 Å². The molecular formula is C28H21F3O8. The molecule has 0 aliphatic carbocycles. The average molecular weight is 542 g/mol. The summed E-state index contributed by atoms with van der Waals surface area (Å²) >= 11 is 0. The van der Waals surface area contributed by atoms with Crippen LogP contribution >= 0.6 is 0 Å². The lowest BCUT2D eigenvalue weighted by atomic mass is 10.2. The highest BCUT2D eigenvalue weighted by Gasteiger charge is 2.40.